The molecule has 0 bridgehead atoms. The Morgan fingerprint density at radius 2 is 2.20 bits per heavy atom. The van der Waals surface area contributed by atoms with E-state index in [0.29, 0.717) is 5.16 Å². The van der Waals surface area contributed by atoms with Crippen LogP contribution in [0.5, 0.6) is 0 Å². The van der Waals surface area contributed by atoms with Crippen molar-refractivity contribution < 1.29 is 0 Å². The maximum Gasteiger partial charge on any atom is 0.124 e. The van der Waals surface area contributed by atoms with E-state index in [2.05, 4.69) is 20.3 Å². The van der Waals surface area contributed by atoms with E-state index < -0.39 is 0 Å². The topological polar surface area (TPSA) is 31.4 Å². The zero-order valence-electron chi connectivity index (χ0n) is 11.7. The number of nitrogens with one attached hydrogen (secondary N) is 1. The average Bonchev–Trinajstić information content (AvgIpc) is 2.92. The molecule has 0 amide bonds. The highest BCUT2D eigenvalue weighted by Crippen LogP contribution is 2.25. The minimum atomic E-state index is 0.505. The number of hydrogen-bond acceptors (Lipinski definition) is 3. The van der Waals surface area contributed by atoms with Crippen LogP contribution in [0.3, 0.4) is 0 Å². The van der Waals surface area contributed by atoms with Crippen molar-refractivity contribution in [2.75, 3.05) is 13.1 Å². The van der Waals surface area contributed by atoms with Crippen molar-refractivity contribution in [3.8, 4) is 0 Å². The van der Waals surface area contributed by atoms with Crippen molar-refractivity contribution in [2.45, 2.75) is 31.2 Å². The summed E-state index contributed by atoms with van der Waals surface area (Å²) in [6, 6.07) is 2.15. The monoisotopic (exact) mass is 309 g/mol. The number of piperidine rings is 1. The number of halogens is 1. The standard InChI is InChI=1S/C15H20ClN3S/c1-2-14(16)17-8-6-7-13-11-15(18-12-13)20-19-9-4-3-5-10-19/h2,6-8,11-12,18H,3-5,9-10H2,1H3/b7-6+,14-2-,17-8-. The number of hydrogen-bond donors (Lipinski definition) is 1. The first-order chi connectivity index (χ1) is 9.78. The number of allylic oxidation sites excluding steroid dienone is 2. The van der Waals surface area contributed by atoms with Crippen LogP contribution >= 0.6 is 23.5 Å². The van der Waals surface area contributed by atoms with Gasteiger partial charge in [0.25, 0.3) is 0 Å². The Morgan fingerprint density at radius 3 is 2.95 bits per heavy atom. The predicted octanol–water partition coefficient (Wildman–Crippen LogP) is 4.69. The highest BCUT2D eigenvalue weighted by Gasteiger charge is 2.11. The van der Waals surface area contributed by atoms with E-state index in [1.807, 2.05) is 37.2 Å². The molecule has 1 aromatic heterocycles. The number of aromatic nitrogens is 1. The van der Waals surface area contributed by atoms with Gasteiger partial charge in [-0.15, -0.1) is 0 Å². The van der Waals surface area contributed by atoms with Gasteiger partial charge in [0.2, 0.25) is 0 Å². The quantitative estimate of drug-likeness (QED) is 0.486. The van der Waals surface area contributed by atoms with Crippen LogP contribution in [-0.2, 0) is 0 Å². The molecule has 0 aromatic carbocycles. The molecule has 2 heterocycles. The molecule has 1 aliphatic rings. The van der Waals surface area contributed by atoms with Gasteiger partial charge in [0.1, 0.15) is 5.16 Å². The summed E-state index contributed by atoms with van der Waals surface area (Å²) in [7, 11) is 0. The normalized spacial score (nSPS) is 18.4. The molecule has 20 heavy (non-hydrogen) atoms. The summed E-state index contributed by atoms with van der Waals surface area (Å²) in [5.74, 6) is 0. The Kier molecular flexibility index (Phi) is 6.43. The van der Waals surface area contributed by atoms with Crippen LogP contribution in [0.25, 0.3) is 6.08 Å². The van der Waals surface area contributed by atoms with Gasteiger partial charge in [-0.3, -0.25) is 0 Å². The molecule has 1 N–H and O–H groups in total. The lowest BCUT2D eigenvalue weighted by atomic mass is 10.2. The molecule has 0 atom stereocenters. The van der Waals surface area contributed by atoms with Gasteiger partial charge in [-0.2, -0.15) is 0 Å². The van der Waals surface area contributed by atoms with Crippen molar-refractivity contribution in [2.24, 2.45) is 4.99 Å². The van der Waals surface area contributed by atoms with Crippen LogP contribution in [0.15, 0.2) is 39.6 Å². The molecular formula is C15H20ClN3S. The number of rotatable bonds is 5. The van der Waals surface area contributed by atoms with E-state index >= 15 is 0 Å². The van der Waals surface area contributed by atoms with Crippen LogP contribution in [0.1, 0.15) is 31.7 Å². The van der Waals surface area contributed by atoms with Gasteiger partial charge in [-0.1, -0.05) is 30.2 Å². The van der Waals surface area contributed by atoms with Crippen LogP contribution < -0.4 is 0 Å². The van der Waals surface area contributed by atoms with Crippen molar-refractivity contribution in [3.05, 3.63) is 35.1 Å². The third kappa shape index (κ3) is 5.19. The summed E-state index contributed by atoms with van der Waals surface area (Å²) in [6.07, 6.45) is 13.4. The summed E-state index contributed by atoms with van der Waals surface area (Å²) in [6.45, 7) is 4.23. The zero-order valence-corrected chi connectivity index (χ0v) is 13.3. The number of aliphatic imine (C=N–C) groups is 1. The number of nitrogens with zero attached hydrogens (tertiary/aromatic N) is 2. The molecule has 0 aliphatic carbocycles. The predicted molar refractivity (Wildman–Crippen MR) is 89.2 cm³/mol. The molecule has 0 saturated carbocycles. The van der Waals surface area contributed by atoms with Crippen molar-refractivity contribution in [1.82, 2.24) is 9.29 Å². The third-order valence-electron chi connectivity index (χ3n) is 3.03. The fourth-order valence-corrected chi connectivity index (χ4v) is 3.05. The lowest BCUT2D eigenvalue weighted by Crippen LogP contribution is -2.22. The first kappa shape index (κ1) is 15.4. The SMILES string of the molecule is C\C=C(Cl)/N=C\C=C\c1c[nH]c(SN2CCCCC2)c1. The van der Waals surface area contributed by atoms with Crippen LogP contribution in [-0.4, -0.2) is 28.6 Å². The third-order valence-corrected chi connectivity index (χ3v) is 4.40. The summed E-state index contributed by atoms with van der Waals surface area (Å²) >= 11 is 7.59. The lowest BCUT2D eigenvalue weighted by molar-refractivity contribution is 0.380. The van der Waals surface area contributed by atoms with Gasteiger partial charge in [0, 0.05) is 25.5 Å². The van der Waals surface area contributed by atoms with E-state index in [0.717, 1.165) is 5.56 Å². The Labute approximate surface area is 129 Å². The molecule has 0 unspecified atom stereocenters. The second-order valence-corrected chi connectivity index (χ2v) is 6.15. The largest absolute Gasteiger partial charge is 0.355 e. The molecule has 2 rings (SSSR count). The minimum Gasteiger partial charge on any atom is -0.355 e. The Balaban J connectivity index is 1.85. The number of H-pyrrole nitrogens is 1. The number of aromatic amines is 1. The lowest BCUT2D eigenvalue weighted by Gasteiger charge is -2.24. The fraction of sp³-hybridized carbons (Fsp3) is 0.400. The van der Waals surface area contributed by atoms with Gasteiger partial charge < -0.3 is 4.98 Å². The molecule has 108 valence electrons. The van der Waals surface area contributed by atoms with E-state index in [1.165, 1.54) is 37.4 Å². The van der Waals surface area contributed by atoms with Crippen molar-refractivity contribution in [3.63, 3.8) is 0 Å². The summed E-state index contributed by atoms with van der Waals surface area (Å²) in [5, 5.41) is 1.69. The van der Waals surface area contributed by atoms with Gasteiger partial charge in [0.15, 0.2) is 0 Å². The second-order valence-electron chi connectivity index (χ2n) is 4.63. The van der Waals surface area contributed by atoms with E-state index in [-0.39, 0.29) is 0 Å². The first-order valence-corrected chi connectivity index (χ1v) is 8.07. The molecule has 0 spiro atoms. The summed E-state index contributed by atoms with van der Waals surface area (Å²) in [5.41, 5.74) is 1.15. The van der Waals surface area contributed by atoms with Crippen LogP contribution in [0.4, 0.5) is 0 Å². The average molecular weight is 310 g/mol. The fourth-order valence-electron chi connectivity index (χ4n) is 1.98. The zero-order chi connectivity index (χ0) is 14.2. The van der Waals surface area contributed by atoms with Crippen molar-refractivity contribution in [1.29, 1.82) is 0 Å². The second kappa shape index (κ2) is 8.35. The van der Waals surface area contributed by atoms with E-state index in [9.17, 15) is 0 Å². The molecule has 3 nitrogen and oxygen atoms in total. The summed E-state index contributed by atoms with van der Waals surface area (Å²) < 4.78 is 2.43. The molecule has 1 fully saturated rings. The van der Waals surface area contributed by atoms with Gasteiger partial charge in [0.05, 0.1) is 5.03 Å². The van der Waals surface area contributed by atoms with Gasteiger partial charge in [-0.25, -0.2) is 9.30 Å². The van der Waals surface area contributed by atoms with Crippen LogP contribution in [0, 0.1) is 0 Å². The van der Waals surface area contributed by atoms with Gasteiger partial charge >= 0.3 is 0 Å². The van der Waals surface area contributed by atoms with E-state index in [4.69, 9.17) is 11.6 Å². The van der Waals surface area contributed by atoms with Gasteiger partial charge in [-0.05, 0) is 49.4 Å². The smallest absolute Gasteiger partial charge is 0.124 e. The maximum absolute atomic E-state index is 5.77. The molecule has 1 aromatic rings. The summed E-state index contributed by atoms with van der Waals surface area (Å²) in [4.78, 5) is 7.35. The Bertz CT molecular complexity index is 499. The van der Waals surface area contributed by atoms with Crippen LogP contribution in [0.2, 0.25) is 0 Å². The minimum absolute atomic E-state index is 0.505. The Morgan fingerprint density at radius 1 is 1.40 bits per heavy atom. The van der Waals surface area contributed by atoms with E-state index in [1.54, 1.807) is 12.3 Å². The highest BCUT2D eigenvalue weighted by atomic mass is 35.5. The highest BCUT2D eigenvalue weighted by molar-refractivity contribution is 7.97. The molecular weight excluding hydrogens is 290 g/mol. The molecule has 0 radical (unpaired) electrons. The molecule has 5 heteroatoms. The molecule has 1 aliphatic heterocycles. The first-order valence-electron chi connectivity index (χ1n) is 6.92. The van der Waals surface area contributed by atoms with Crippen molar-refractivity contribution >= 4 is 35.8 Å². The molecule has 1 saturated heterocycles. The maximum atomic E-state index is 5.77. The Hall–Kier alpha value is -0.970.